The van der Waals surface area contributed by atoms with Crippen molar-refractivity contribution in [1.29, 1.82) is 0 Å². The Balaban J connectivity index is 1.67. The fourth-order valence-corrected chi connectivity index (χ4v) is 3.03. The highest BCUT2D eigenvalue weighted by molar-refractivity contribution is 5.90. The summed E-state index contributed by atoms with van der Waals surface area (Å²) in [7, 11) is 1.32. The summed E-state index contributed by atoms with van der Waals surface area (Å²) in [5.74, 6) is -1.29. The second-order valence-corrected chi connectivity index (χ2v) is 6.55. The molecule has 0 N–H and O–H groups in total. The maximum atomic E-state index is 15.1. The Kier molecular flexibility index (Phi) is 6.06. The molecule has 0 spiro atoms. The molecule has 0 aliphatic carbocycles. The van der Waals surface area contributed by atoms with E-state index in [9.17, 15) is 9.59 Å². The Labute approximate surface area is 162 Å². The number of rotatable bonds is 6. The predicted octanol–water partition coefficient (Wildman–Crippen LogP) is 3.17. The van der Waals surface area contributed by atoms with E-state index in [4.69, 9.17) is 18.9 Å². The zero-order chi connectivity index (χ0) is 20.1. The number of hydrogen-bond donors (Lipinski definition) is 0. The van der Waals surface area contributed by atoms with Crippen LogP contribution in [-0.2, 0) is 18.9 Å². The van der Waals surface area contributed by atoms with E-state index in [1.807, 2.05) is 0 Å². The molecule has 3 rings (SSSR count). The number of esters is 2. The normalized spacial score (nSPS) is 26.6. The van der Waals surface area contributed by atoms with Gasteiger partial charge in [-0.25, -0.2) is 14.0 Å². The molecule has 2 aromatic rings. The van der Waals surface area contributed by atoms with Crippen molar-refractivity contribution in [2.75, 3.05) is 13.7 Å². The molecule has 28 heavy (non-hydrogen) atoms. The molecular formula is C21H21FO6. The van der Waals surface area contributed by atoms with Gasteiger partial charge in [0.2, 0.25) is 6.29 Å². The summed E-state index contributed by atoms with van der Waals surface area (Å²) in [4.78, 5) is 24.5. The molecule has 1 fully saturated rings. The van der Waals surface area contributed by atoms with Crippen LogP contribution in [0.25, 0.3) is 0 Å². The minimum Gasteiger partial charge on any atom is -0.459 e. The lowest BCUT2D eigenvalue weighted by atomic mass is 9.98. The summed E-state index contributed by atoms with van der Waals surface area (Å²) in [6.45, 7) is 1.05. The minimum absolute atomic E-state index is 0.282. The molecule has 0 radical (unpaired) electrons. The molecular weight excluding hydrogens is 367 g/mol. The molecule has 1 heterocycles. The van der Waals surface area contributed by atoms with Crippen LogP contribution in [0.1, 0.15) is 27.6 Å². The van der Waals surface area contributed by atoms with Gasteiger partial charge in [-0.05, 0) is 31.2 Å². The Hall–Kier alpha value is -2.77. The number of hydrogen-bond acceptors (Lipinski definition) is 6. The number of benzene rings is 2. The van der Waals surface area contributed by atoms with Gasteiger partial charge < -0.3 is 18.9 Å². The third-order valence-corrected chi connectivity index (χ3v) is 4.56. The molecule has 0 amide bonds. The Bertz CT molecular complexity index is 812. The number of halogens is 1. The zero-order valence-electron chi connectivity index (χ0n) is 15.5. The molecule has 7 heteroatoms. The van der Waals surface area contributed by atoms with Crippen molar-refractivity contribution in [2.45, 2.75) is 31.1 Å². The standard InChI is InChI=1S/C21H21FO6/c1-21(28-19(24)15-11-7-4-8-12-15)17(22)16(27-20(21)25-2)13-26-18(23)14-9-5-3-6-10-14/h3-12,16-17,20H,13H2,1-2H3/t16-,17-,20-,21-/m1/s1. The van der Waals surface area contributed by atoms with Crippen LogP contribution in [0, 0.1) is 0 Å². The van der Waals surface area contributed by atoms with Crippen molar-refractivity contribution in [1.82, 2.24) is 0 Å². The van der Waals surface area contributed by atoms with Crippen molar-refractivity contribution >= 4 is 11.9 Å². The molecule has 0 bridgehead atoms. The molecule has 4 atom stereocenters. The number of alkyl halides is 1. The smallest absolute Gasteiger partial charge is 0.338 e. The maximum Gasteiger partial charge on any atom is 0.338 e. The Morgan fingerprint density at radius 1 is 1.00 bits per heavy atom. The van der Waals surface area contributed by atoms with E-state index in [0.29, 0.717) is 5.56 Å². The van der Waals surface area contributed by atoms with Crippen LogP contribution < -0.4 is 0 Å². The molecule has 0 aromatic heterocycles. The summed E-state index contributed by atoms with van der Waals surface area (Å²) >= 11 is 0. The van der Waals surface area contributed by atoms with Gasteiger partial charge >= 0.3 is 11.9 Å². The second-order valence-electron chi connectivity index (χ2n) is 6.55. The van der Waals surface area contributed by atoms with E-state index in [-0.39, 0.29) is 12.2 Å². The van der Waals surface area contributed by atoms with E-state index in [1.165, 1.54) is 14.0 Å². The average molecular weight is 388 g/mol. The highest BCUT2D eigenvalue weighted by Crippen LogP contribution is 2.38. The summed E-state index contributed by atoms with van der Waals surface area (Å²) in [5, 5.41) is 0. The van der Waals surface area contributed by atoms with Crippen LogP contribution >= 0.6 is 0 Å². The summed E-state index contributed by atoms with van der Waals surface area (Å²) in [5.41, 5.74) is -1.06. The van der Waals surface area contributed by atoms with E-state index in [2.05, 4.69) is 0 Å². The third kappa shape index (κ3) is 4.05. The van der Waals surface area contributed by atoms with Crippen molar-refractivity contribution in [2.24, 2.45) is 0 Å². The van der Waals surface area contributed by atoms with Gasteiger partial charge in [-0.1, -0.05) is 36.4 Å². The first-order valence-electron chi connectivity index (χ1n) is 8.78. The third-order valence-electron chi connectivity index (χ3n) is 4.56. The summed E-state index contributed by atoms with van der Waals surface area (Å²) in [6, 6.07) is 16.6. The van der Waals surface area contributed by atoms with E-state index < -0.39 is 36.1 Å². The zero-order valence-corrected chi connectivity index (χ0v) is 15.5. The topological polar surface area (TPSA) is 71.1 Å². The van der Waals surface area contributed by atoms with E-state index in [0.717, 1.165) is 0 Å². The van der Waals surface area contributed by atoms with Gasteiger partial charge in [0, 0.05) is 7.11 Å². The molecule has 6 nitrogen and oxygen atoms in total. The van der Waals surface area contributed by atoms with Gasteiger partial charge in [0.1, 0.15) is 12.7 Å². The van der Waals surface area contributed by atoms with Crippen molar-refractivity contribution in [3.05, 3.63) is 71.8 Å². The molecule has 1 aliphatic rings. The van der Waals surface area contributed by atoms with Crippen molar-refractivity contribution < 1.29 is 32.9 Å². The molecule has 1 aliphatic heterocycles. The first kappa shape index (κ1) is 20.0. The number of ether oxygens (including phenoxy) is 4. The lowest BCUT2D eigenvalue weighted by molar-refractivity contribution is -0.186. The lowest BCUT2D eigenvalue weighted by Crippen LogP contribution is -2.48. The first-order valence-corrected chi connectivity index (χ1v) is 8.78. The highest BCUT2D eigenvalue weighted by atomic mass is 19.1. The monoisotopic (exact) mass is 388 g/mol. The van der Waals surface area contributed by atoms with Crippen molar-refractivity contribution in [3.8, 4) is 0 Å². The van der Waals surface area contributed by atoms with Gasteiger partial charge in [0.25, 0.3) is 0 Å². The summed E-state index contributed by atoms with van der Waals surface area (Å²) < 4.78 is 36.4. The van der Waals surface area contributed by atoms with Gasteiger partial charge in [-0.15, -0.1) is 0 Å². The lowest BCUT2D eigenvalue weighted by Gasteiger charge is -2.30. The molecule has 148 valence electrons. The number of carbonyl (C=O) groups excluding carboxylic acids is 2. The van der Waals surface area contributed by atoms with Crippen LogP contribution in [0.2, 0.25) is 0 Å². The second kappa shape index (κ2) is 8.50. The molecule has 1 saturated heterocycles. The fourth-order valence-electron chi connectivity index (χ4n) is 3.03. The predicted molar refractivity (Wildman–Crippen MR) is 97.6 cm³/mol. The Morgan fingerprint density at radius 3 is 2.07 bits per heavy atom. The average Bonchev–Trinajstić information content (AvgIpc) is 2.97. The van der Waals surface area contributed by atoms with Gasteiger partial charge in [0.15, 0.2) is 11.8 Å². The highest BCUT2D eigenvalue weighted by Gasteiger charge is 2.58. The van der Waals surface area contributed by atoms with Crippen LogP contribution in [0.4, 0.5) is 4.39 Å². The molecule has 0 unspecified atom stereocenters. The quantitative estimate of drug-likeness (QED) is 0.708. The fraction of sp³-hybridized carbons (Fsp3) is 0.333. The number of carbonyl (C=O) groups is 2. The van der Waals surface area contributed by atoms with Crippen molar-refractivity contribution in [3.63, 3.8) is 0 Å². The SMILES string of the molecule is CO[C@@H]1O[C@H](COC(=O)c2ccccc2)[C@@H](F)[C@@]1(C)OC(=O)c1ccccc1. The van der Waals surface area contributed by atoms with Crippen LogP contribution in [0.15, 0.2) is 60.7 Å². The van der Waals surface area contributed by atoms with Gasteiger partial charge in [-0.3, -0.25) is 0 Å². The largest absolute Gasteiger partial charge is 0.459 e. The first-order chi connectivity index (χ1) is 13.5. The van der Waals surface area contributed by atoms with Crippen LogP contribution in [0.3, 0.4) is 0 Å². The molecule has 2 aromatic carbocycles. The number of methoxy groups -OCH3 is 1. The van der Waals surface area contributed by atoms with Gasteiger partial charge in [-0.2, -0.15) is 0 Å². The summed E-state index contributed by atoms with van der Waals surface area (Å²) in [6.07, 6.45) is -4.03. The Morgan fingerprint density at radius 2 is 1.54 bits per heavy atom. The van der Waals surface area contributed by atoms with E-state index in [1.54, 1.807) is 60.7 Å². The van der Waals surface area contributed by atoms with E-state index >= 15 is 4.39 Å². The van der Waals surface area contributed by atoms with Crippen LogP contribution in [-0.4, -0.2) is 49.8 Å². The minimum atomic E-state index is -1.76. The maximum absolute atomic E-state index is 15.1. The van der Waals surface area contributed by atoms with Gasteiger partial charge in [0.05, 0.1) is 11.1 Å². The van der Waals surface area contributed by atoms with Crippen LogP contribution in [0.5, 0.6) is 0 Å². The molecule has 0 saturated carbocycles.